The summed E-state index contributed by atoms with van der Waals surface area (Å²) in [4.78, 5) is 4.86. The van der Waals surface area contributed by atoms with Crippen LogP contribution in [0.1, 0.15) is 22.3 Å². The zero-order chi connectivity index (χ0) is 23.3. The van der Waals surface area contributed by atoms with E-state index in [1.54, 1.807) is 18.2 Å². The topological polar surface area (TPSA) is 89.2 Å². The molecule has 7 nitrogen and oxygen atoms in total. The number of fused-ring (bicyclic) bond motifs is 3. The van der Waals surface area contributed by atoms with E-state index < -0.39 is 9.84 Å². The van der Waals surface area contributed by atoms with Crippen LogP contribution in [0, 0.1) is 27.7 Å². The van der Waals surface area contributed by atoms with Gasteiger partial charge < -0.3 is 5.32 Å². The fourth-order valence-electron chi connectivity index (χ4n) is 3.76. The van der Waals surface area contributed by atoms with Crippen LogP contribution in [0.3, 0.4) is 0 Å². The molecule has 1 N–H and O–H groups in total. The number of anilines is 2. The summed E-state index contributed by atoms with van der Waals surface area (Å²) < 4.78 is 28.4. The van der Waals surface area contributed by atoms with Crippen LogP contribution in [0.15, 0.2) is 70.6 Å². The first-order valence-electron chi connectivity index (χ1n) is 10.6. The summed E-state index contributed by atoms with van der Waals surface area (Å²) in [5.74, 6) is 0.542. The Morgan fingerprint density at radius 2 is 1.52 bits per heavy atom. The Hall–Kier alpha value is -3.78. The van der Waals surface area contributed by atoms with Gasteiger partial charge in [-0.2, -0.15) is 4.52 Å². The fourth-order valence-corrected chi connectivity index (χ4v) is 5.08. The number of nitrogens with one attached hydrogen (secondary N) is 1. The van der Waals surface area contributed by atoms with Gasteiger partial charge in [0.15, 0.2) is 5.65 Å². The van der Waals surface area contributed by atoms with E-state index >= 15 is 0 Å². The van der Waals surface area contributed by atoms with Crippen LogP contribution in [0.4, 0.5) is 11.5 Å². The summed E-state index contributed by atoms with van der Waals surface area (Å²) in [6, 6.07) is 18.7. The van der Waals surface area contributed by atoms with Crippen molar-refractivity contribution in [2.45, 2.75) is 37.6 Å². The van der Waals surface area contributed by atoms with Gasteiger partial charge in [-0.1, -0.05) is 29.5 Å². The van der Waals surface area contributed by atoms with Crippen LogP contribution in [-0.4, -0.2) is 28.2 Å². The molecule has 3 aromatic carbocycles. The molecule has 0 amide bonds. The average molecular weight is 458 g/mol. The summed E-state index contributed by atoms with van der Waals surface area (Å²) in [5.41, 5.74) is 6.01. The monoisotopic (exact) mass is 457 g/mol. The van der Waals surface area contributed by atoms with Gasteiger partial charge in [0.2, 0.25) is 14.9 Å². The number of sulfone groups is 1. The second-order valence-corrected chi connectivity index (χ2v) is 10.1. The Balaban J connectivity index is 1.73. The SMILES string of the molecule is Cc1ccc(Nc2nc3c(S(=O)(=O)c4ccc(C)c(C)c4)nnn3c3ccccc23)cc1C. The number of hydrogen-bond donors (Lipinski definition) is 1. The van der Waals surface area contributed by atoms with Gasteiger partial charge in [-0.25, -0.2) is 13.4 Å². The van der Waals surface area contributed by atoms with Crippen molar-refractivity contribution < 1.29 is 8.42 Å². The molecular weight excluding hydrogens is 434 g/mol. The molecule has 5 rings (SSSR count). The third-order valence-corrected chi connectivity index (χ3v) is 7.68. The Morgan fingerprint density at radius 1 is 0.818 bits per heavy atom. The molecule has 0 radical (unpaired) electrons. The van der Waals surface area contributed by atoms with E-state index in [0.29, 0.717) is 11.3 Å². The summed E-state index contributed by atoms with van der Waals surface area (Å²) in [7, 11) is -3.92. The van der Waals surface area contributed by atoms with Crippen molar-refractivity contribution in [3.8, 4) is 0 Å². The van der Waals surface area contributed by atoms with Crippen LogP contribution in [0.2, 0.25) is 0 Å². The second-order valence-electron chi connectivity index (χ2n) is 8.28. The van der Waals surface area contributed by atoms with Crippen molar-refractivity contribution in [3.63, 3.8) is 0 Å². The fraction of sp³-hybridized carbons (Fsp3) is 0.160. The number of para-hydroxylation sites is 1. The van der Waals surface area contributed by atoms with E-state index in [4.69, 9.17) is 4.98 Å². The van der Waals surface area contributed by atoms with Gasteiger partial charge in [-0.05, 0) is 86.3 Å². The number of rotatable bonds is 4. The predicted octanol–water partition coefficient (Wildman–Crippen LogP) is 5.09. The molecule has 0 aliphatic heterocycles. The molecule has 2 aromatic heterocycles. The van der Waals surface area contributed by atoms with Crippen molar-refractivity contribution in [3.05, 3.63) is 82.9 Å². The highest BCUT2D eigenvalue weighted by molar-refractivity contribution is 7.91. The van der Waals surface area contributed by atoms with Crippen LogP contribution in [0.25, 0.3) is 16.6 Å². The maximum absolute atomic E-state index is 13.5. The summed E-state index contributed by atoms with van der Waals surface area (Å²) in [6.45, 7) is 7.93. The molecule has 0 aliphatic rings. The van der Waals surface area contributed by atoms with Crippen LogP contribution in [-0.2, 0) is 9.84 Å². The van der Waals surface area contributed by atoms with Crippen molar-refractivity contribution in [2.75, 3.05) is 5.32 Å². The molecule has 0 saturated carbocycles. The number of aryl methyl sites for hydroxylation is 4. The molecule has 2 heterocycles. The lowest BCUT2D eigenvalue weighted by molar-refractivity contribution is 0.592. The Kier molecular flexibility index (Phi) is 4.90. The maximum atomic E-state index is 13.5. The van der Waals surface area contributed by atoms with Gasteiger partial charge in [0.1, 0.15) is 5.82 Å². The average Bonchev–Trinajstić information content (AvgIpc) is 3.23. The second kappa shape index (κ2) is 7.67. The normalized spacial score (nSPS) is 11.9. The zero-order valence-corrected chi connectivity index (χ0v) is 19.6. The molecule has 0 aliphatic carbocycles. The molecule has 5 aromatic rings. The molecule has 0 bridgehead atoms. The zero-order valence-electron chi connectivity index (χ0n) is 18.8. The van der Waals surface area contributed by atoms with Gasteiger partial charge in [0, 0.05) is 11.1 Å². The highest BCUT2D eigenvalue weighted by Crippen LogP contribution is 2.30. The minimum Gasteiger partial charge on any atom is -0.340 e. The predicted molar refractivity (Wildman–Crippen MR) is 129 cm³/mol. The lowest BCUT2D eigenvalue weighted by Crippen LogP contribution is -2.06. The van der Waals surface area contributed by atoms with Crippen molar-refractivity contribution in [1.29, 1.82) is 0 Å². The number of benzene rings is 3. The Bertz CT molecular complexity index is 1660. The minimum atomic E-state index is -3.92. The van der Waals surface area contributed by atoms with Crippen molar-refractivity contribution in [2.24, 2.45) is 0 Å². The third kappa shape index (κ3) is 3.52. The first-order valence-corrected chi connectivity index (χ1v) is 12.0. The molecule has 0 atom stereocenters. The highest BCUT2D eigenvalue weighted by atomic mass is 32.2. The van der Waals surface area contributed by atoms with Crippen LogP contribution >= 0.6 is 0 Å². The quantitative estimate of drug-likeness (QED) is 0.404. The largest absolute Gasteiger partial charge is 0.340 e. The highest BCUT2D eigenvalue weighted by Gasteiger charge is 2.27. The first kappa shape index (κ1) is 21.1. The van der Waals surface area contributed by atoms with Crippen LogP contribution < -0.4 is 5.32 Å². The molecule has 0 fully saturated rings. The molecule has 33 heavy (non-hydrogen) atoms. The summed E-state index contributed by atoms with van der Waals surface area (Å²) in [5, 5.41) is 12.2. The molecular formula is C25H23N5O2S. The van der Waals surface area contributed by atoms with E-state index in [0.717, 1.165) is 27.8 Å². The van der Waals surface area contributed by atoms with Crippen molar-refractivity contribution in [1.82, 2.24) is 19.8 Å². The van der Waals surface area contributed by atoms with Gasteiger partial charge in [-0.15, -0.1) is 5.10 Å². The number of nitrogens with zero attached hydrogens (tertiary/aromatic N) is 4. The smallest absolute Gasteiger partial charge is 0.229 e. The van der Waals surface area contributed by atoms with E-state index in [-0.39, 0.29) is 15.6 Å². The lowest BCUT2D eigenvalue weighted by Gasteiger charge is -2.12. The van der Waals surface area contributed by atoms with Gasteiger partial charge in [0.25, 0.3) is 0 Å². The third-order valence-electron chi connectivity index (χ3n) is 6.03. The van der Waals surface area contributed by atoms with Gasteiger partial charge in [-0.3, -0.25) is 0 Å². The molecule has 0 saturated heterocycles. The van der Waals surface area contributed by atoms with Crippen molar-refractivity contribution >= 4 is 37.9 Å². The van der Waals surface area contributed by atoms with Crippen LogP contribution in [0.5, 0.6) is 0 Å². The molecule has 8 heteroatoms. The van der Waals surface area contributed by atoms with Gasteiger partial charge in [0.05, 0.1) is 10.4 Å². The summed E-state index contributed by atoms with van der Waals surface area (Å²) >= 11 is 0. The van der Waals surface area contributed by atoms with E-state index in [1.807, 2.05) is 63.2 Å². The standard InChI is InChI=1S/C25H23N5O2S/c1-15-9-11-19(13-17(15)3)26-23-21-7-5-6-8-22(21)30-24(27-23)25(28-29-30)33(31,32)20-12-10-16(2)18(4)14-20/h5-14H,1-4H3,(H,26,27). The van der Waals surface area contributed by atoms with E-state index in [1.165, 1.54) is 10.1 Å². The molecule has 166 valence electrons. The molecule has 0 spiro atoms. The lowest BCUT2D eigenvalue weighted by atomic mass is 10.1. The number of aromatic nitrogens is 4. The van der Waals surface area contributed by atoms with E-state index in [2.05, 4.69) is 22.6 Å². The van der Waals surface area contributed by atoms with E-state index in [9.17, 15) is 8.42 Å². The minimum absolute atomic E-state index is 0.167. The molecule has 0 unspecified atom stereocenters. The maximum Gasteiger partial charge on any atom is 0.229 e. The summed E-state index contributed by atoms with van der Waals surface area (Å²) in [6.07, 6.45) is 0. The Morgan fingerprint density at radius 3 is 2.24 bits per heavy atom. The number of hydrogen-bond acceptors (Lipinski definition) is 6. The van der Waals surface area contributed by atoms with Gasteiger partial charge >= 0.3 is 0 Å². The Labute approximate surface area is 192 Å². The first-order chi connectivity index (χ1) is 15.8.